The monoisotopic (exact) mass is 341 g/mol. The largest absolute Gasteiger partial charge is 0.451 e. The molecule has 0 saturated carbocycles. The topological polar surface area (TPSA) is 73.2 Å². The summed E-state index contributed by atoms with van der Waals surface area (Å²) in [6, 6.07) is 9.74. The number of esters is 1. The number of rotatable bonds is 6. The molecule has 3 rings (SSSR count). The number of benzene rings is 1. The van der Waals surface area contributed by atoms with E-state index in [9.17, 15) is 9.59 Å². The third-order valence-electron chi connectivity index (χ3n) is 4.17. The van der Waals surface area contributed by atoms with Gasteiger partial charge in [-0.15, -0.1) is 0 Å². The number of ether oxygens (including phenoxy) is 1. The van der Waals surface area contributed by atoms with E-state index in [0.717, 1.165) is 36.2 Å². The number of aromatic nitrogens is 2. The van der Waals surface area contributed by atoms with Crippen LogP contribution in [0, 0.1) is 5.92 Å². The molecule has 1 amide bonds. The lowest BCUT2D eigenvalue weighted by molar-refractivity contribution is -0.124. The molecule has 0 spiro atoms. The van der Waals surface area contributed by atoms with Gasteiger partial charge in [0.2, 0.25) is 0 Å². The molecule has 0 unspecified atom stereocenters. The Labute approximate surface area is 147 Å². The first-order valence-electron chi connectivity index (χ1n) is 8.66. The summed E-state index contributed by atoms with van der Waals surface area (Å²) in [5.41, 5.74) is 3.25. The average Bonchev–Trinajstić information content (AvgIpc) is 3.21. The summed E-state index contributed by atoms with van der Waals surface area (Å²) in [7, 11) is 0. The van der Waals surface area contributed by atoms with E-state index in [0.29, 0.717) is 18.2 Å². The second kappa shape index (κ2) is 7.51. The Bertz CT molecular complexity index is 766. The molecule has 6 nitrogen and oxygen atoms in total. The van der Waals surface area contributed by atoms with E-state index in [2.05, 4.69) is 10.4 Å². The summed E-state index contributed by atoms with van der Waals surface area (Å²) in [6.07, 6.45) is 2.70. The lowest BCUT2D eigenvalue weighted by Crippen LogP contribution is -2.31. The van der Waals surface area contributed by atoms with Crippen LogP contribution in [0.4, 0.5) is 0 Å². The van der Waals surface area contributed by atoms with Gasteiger partial charge in [-0.3, -0.25) is 4.79 Å². The van der Waals surface area contributed by atoms with Gasteiger partial charge in [-0.05, 0) is 37.3 Å². The SMILES string of the molecule is CC(C)CNC(=O)COC(=O)c1nn(-c2ccccc2)c2c1CCC2. The number of hydrogen-bond acceptors (Lipinski definition) is 4. The van der Waals surface area contributed by atoms with Gasteiger partial charge in [0.1, 0.15) is 0 Å². The number of fused-ring (bicyclic) bond motifs is 1. The lowest BCUT2D eigenvalue weighted by Gasteiger charge is -2.08. The zero-order valence-electron chi connectivity index (χ0n) is 14.6. The van der Waals surface area contributed by atoms with E-state index in [1.165, 1.54) is 0 Å². The molecule has 1 aromatic heterocycles. The molecule has 132 valence electrons. The van der Waals surface area contributed by atoms with Crippen molar-refractivity contribution in [3.8, 4) is 5.69 Å². The zero-order valence-corrected chi connectivity index (χ0v) is 14.6. The Morgan fingerprint density at radius 1 is 1.24 bits per heavy atom. The van der Waals surface area contributed by atoms with E-state index in [4.69, 9.17) is 4.74 Å². The van der Waals surface area contributed by atoms with E-state index >= 15 is 0 Å². The first-order valence-corrected chi connectivity index (χ1v) is 8.66. The minimum absolute atomic E-state index is 0.279. The van der Waals surface area contributed by atoms with Crippen LogP contribution < -0.4 is 5.32 Å². The van der Waals surface area contributed by atoms with E-state index in [1.54, 1.807) is 0 Å². The Balaban J connectivity index is 1.72. The maximum atomic E-state index is 12.4. The first kappa shape index (κ1) is 17.2. The van der Waals surface area contributed by atoms with Gasteiger partial charge in [0.05, 0.1) is 5.69 Å². The number of carbonyl (C=O) groups excluding carboxylic acids is 2. The molecule has 0 saturated heterocycles. The minimum atomic E-state index is -0.535. The maximum Gasteiger partial charge on any atom is 0.359 e. The summed E-state index contributed by atoms with van der Waals surface area (Å²) in [4.78, 5) is 24.1. The number of para-hydroxylation sites is 1. The van der Waals surface area contributed by atoms with Gasteiger partial charge >= 0.3 is 5.97 Å². The van der Waals surface area contributed by atoms with Crippen LogP contribution in [0.25, 0.3) is 5.69 Å². The second-order valence-electron chi connectivity index (χ2n) is 6.65. The zero-order chi connectivity index (χ0) is 17.8. The van der Waals surface area contributed by atoms with Gasteiger partial charge in [0, 0.05) is 17.8 Å². The third-order valence-corrected chi connectivity index (χ3v) is 4.17. The van der Waals surface area contributed by atoms with Crippen LogP contribution in [0.15, 0.2) is 30.3 Å². The highest BCUT2D eigenvalue weighted by molar-refractivity contribution is 5.91. The molecule has 0 radical (unpaired) electrons. The van der Waals surface area contributed by atoms with Gasteiger partial charge in [0.15, 0.2) is 12.3 Å². The van der Waals surface area contributed by atoms with Crippen molar-refractivity contribution in [1.29, 1.82) is 0 Å². The second-order valence-corrected chi connectivity index (χ2v) is 6.65. The maximum absolute atomic E-state index is 12.4. The number of nitrogens with zero attached hydrogens (tertiary/aromatic N) is 2. The van der Waals surface area contributed by atoms with Crippen molar-refractivity contribution < 1.29 is 14.3 Å². The van der Waals surface area contributed by atoms with Gasteiger partial charge in [-0.1, -0.05) is 32.0 Å². The van der Waals surface area contributed by atoms with Crippen LogP contribution >= 0.6 is 0 Å². The van der Waals surface area contributed by atoms with Crippen LogP contribution in [0.2, 0.25) is 0 Å². The summed E-state index contributed by atoms with van der Waals surface area (Å²) in [5.74, 6) is -0.474. The molecule has 2 aromatic rings. The fraction of sp³-hybridized carbons (Fsp3) is 0.421. The lowest BCUT2D eigenvalue weighted by atomic mass is 10.2. The van der Waals surface area contributed by atoms with Crippen molar-refractivity contribution in [3.05, 3.63) is 47.3 Å². The predicted molar refractivity (Wildman–Crippen MR) is 93.7 cm³/mol. The molecule has 0 fully saturated rings. The molecule has 25 heavy (non-hydrogen) atoms. The Kier molecular flexibility index (Phi) is 5.16. The van der Waals surface area contributed by atoms with Gasteiger partial charge in [-0.2, -0.15) is 5.10 Å². The number of carbonyl (C=O) groups is 2. The van der Waals surface area contributed by atoms with Crippen molar-refractivity contribution in [2.45, 2.75) is 33.1 Å². The molecule has 1 aromatic carbocycles. The highest BCUT2D eigenvalue weighted by Crippen LogP contribution is 2.28. The van der Waals surface area contributed by atoms with Crippen LogP contribution in [-0.2, 0) is 22.4 Å². The normalized spacial score (nSPS) is 12.9. The molecule has 1 aliphatic carbocycles. The minimum Gasteiger partial charge on any atom is -0.451 e. The Morgan fingerprint density at radius 3 is 2.72 bits per heavy atom. The van der Waals surface area contributed by atoms with Crippen LogP contribution in [0.3, 0.4) is 0 Å². The van der Waals surface area contributed by atoms with Gasteiger partial charge in [-0.25, -0.2) is 9.48 Å². The molecule has 0 bridgehead atoms. The molecule has 1 heterocycles. The predicted octanol–water partition coefficient (Wildman–Crippen LogP) is 2.29. The van der Waals surface area contributed by atoms with E-state index in [1.807, 2.05) is 48.9 Å². The molecule has 1 N–H and O–H groups in total. The van der Waals surface area contributed by atoms with E-state index in [-0.39, 0.29) is 12.5 Å². The van der Waals surface area contributed by atoms with Crippen molar-refractivity contribution in [1.82, 2.24) is 15.1 Å². The average molecular weight is 341 g/mol. The quantitative estimate of drug-likeness (QED) is 0.818. The Morgan fingerprint density at radius 2 is 2.00 bits per heavy atom. The van der Waals surface area contributed by atoms with Crippen LogP contribution in [0.1, 0.15) is 42.0 Å². The standard InChI is InChI=1S/C19H23N3O3/c1-13(2)11-20-17(23)12-25-19(24)18-15-9-6-10-16(15)22(21-18)14-7-4-3-5-8-14/h3-5,7-8,13H,6,9-12H2,1-2H3,(H,20,23). The number of nitrogens with one attached hydrogen (secondary N) is 1. The molecule has 6 heteroatoms. The van der Waals surface area contributed by atoms with E-state index < -0.39 is 5.97 Å². The number of amides is 1. The fourth-order valence-electron chi connectivity index (χ4n) is 2.95. The molecular weight excluding hydrogens is 318 g/mol. The molecule has 1 aliphatic rings. The van der Waals surface area contributed by atoms with Crippen molar-refractivity contribution >= 4 is 11.9 Å². The molecular formula is C19H23N3O3. The third kappa shape index (κ3) is 3.90. The van der Waals surface area contributed by atoms with Crippen LogP contribution in [0.5, 0.6) is 0 Å². The van der Waals surface area contributed by atoms with Crippen molar-refractivity contribution in [2.24, 2.45) is 5.92 Å². The highest BCUT2D eigenvalue weighted by atomic mass is 16.5. The summed E-state index contributed by atoms with van der Waals surface area (Å²) >= 11 is 0. The first-order chi connectivity index (χ1) is 12.1. The highest BCUT2D eigenvalue weighted by Gasteiger charge is 2.28. The summed E-state index contributed by atoms with van der Waals surface area (Å²) in [5, 5.41) is 7.20. The molecule has 0 atom stereocenters. The smallest absolute Gasteiger partial charge is 0.359 e. The van der Waals surface area contributed by atoms with Crippen molar-refractivity contribution in [3.63, 3.8) is 0 Å². The molecule has 0 aliphatic heterocycles. The van der Waals surface area contributed by atoms with Crippen molar-refractivity contribution in [2.75, 3.05) is 13.2 Å². The number of hydrogen-bond donors (Lipinski definition) is 1. The van der Waals surface area contributed by atoms with Gasteiger partial charge in [0.25, 0.3) is 5.91 Å². The van der Waals surface area contributed by atoms with Crippen LogP contribution in [-0.4, -0.2) is 34.8 Å². The van der Waals surface area contributed by atoms with Gasteiger partial charge < -0.3 is 10.1 Å². The summed E-state index contributed by atoms with van der Waals surface area (Å²) < 4.78 is 6.99. The Hall–Kier alpha value is -2.63. The summed E-state index contributed by atoms with van der Waals surface area (Å²) in [6.45, 7) is 4.30. The fourth-order valence-corrected chi connectivity index (χ4v) is 2.95.